The number of carbonyl (C=O) groups excluding carboxylic acids is 2. The van der Waals surface area contributed by atoms with Gasteiger partial charge in [-0.2, -0.15) is 0 Å². The Kier molecular flexibility index (Phi) is 5.64. The summed E-state index contributed by atoms with van der Waals surface area (Å²) < 4.78 is 0. The SMILES string of the molecule is O=C(c1ccccc1)c1cccc(C#Cc2cccc(C(=O)c3ccccc3)c2)c1. The maximum atomic E-state index is 12.6. The van der Waals surface area contributed by atoms with E-state index in [9.17, 15) is 9.59 Å². The molecular formula is C28H18O2. The van der Waals surface area contributed by atoms with E-state index in [1.165, 1.54) is 0 Å². The van der Waals surface area contributed by atoms with Gasteiger partial charge in [-0.15, -0.1) is 0 Å². The Balaban J connectivity index is 1.58. The third-order valence-electron chi connectivity index (χ3n) is 4.67. The van der Waals surface area contributed by atoms with E-state index in [1.807, 2.05) is 60.7 Å². The molecule has 0 aliphatic carbocycles. The highest BCUT2D eigenvalue weighted by Crippen LogP contribution is 2.13. The minimum Gasteiger partial charge on any atom is -0.289 e. The largest absolute Gasteiger partial charge is 0.289 e. The molecule has 2 heteroatoms. The minimum absolute atomic E-state index is 0.0327. The molecule has 0 heterocycles. The fraction of sp³-hybridized carbons (Fsp3) is 0. The van der Waals surface area contributed by atoms with E-state index in [2.05, 4.69) is 11.8 Å². The van der Waals surface area contributed by atoms with Crippen molar-refractivity contribution in [2.75, 3.05) is 0 Å². The maximum Gasteiger partial charge on any atom is 0.193 e. The molecular weight excluding hydrogens is 368 g/mol. The first-order chi connectivity index (χ1) is 14.7. The Morgan fingerprint density at radius 3 is 1.20 bits per heavy atom. The highest BCUT2D eigenvalue weighted by Gasteiger charge is 2.09. The van der Waals surface area contributed by atoms with Crippen LogP contribution in [0.15, 0.2) is 109 Å². The van der Waals surface area contributed by atoms with E-state index in [1.54, 1.807) is 48.5 Å². The molecule has 4 aromatic rings. The van der Waals surface area contributed by atoms with Gasteiger partial charge < -0.3 is 0 Å². The lowest BCUT2D eigenvalue weighted by Gasteiger charge is -2.02. The molecule has 4 rings (SSSR count). The van der Waals surface area contributed by atoms with Crippen LogP contribution in [0, 0.1) is 11.8 Å². The number of hydrogen-bond donors (Lipinski definition) is 0. The van der Waals surface area contributed by atoms with Crippen molar-refractivity contribution < 1.29 is 9.59 Å². The second-order valence-electron chi connectivity index (χ2n) is 6.80. The molecule has 0 saturated heterocycles. The second kappa shape index (κ2) is 8.86. The van der Waals surface area contributed by atoms with Gasteiger partial charge in [0.25, 0.3) is 0 Å². The van der Waals surface area contributed by atoms with E-state index in [-0.39, 0.29) is 11.6 Å². The lowest BCUT2D eigenvalue weighted by atomic mass is 10.0. The number of benzene rings is 4. The van der Waals surface area contributed by atoms with Crippen LogP contribution >= 0.6 is 0 Å². The molecule has 0 aliphatic heterocycles. The zero-order chi connectivity index (χ0) is 20.8. The van der Waals surface area contributed by atoms with Crippen LogP contribution < -0.4 is 0 Å². The zero-order valence-corrected chi connectivity index (χ0v) is 16.2. The molecule has 0 aliphatic rings. The Labute approximate surface area is 175 Å². The van der Waals surface area contributed by atoms with Crippen molar-refractivity contribution in [2.45, 2.75) is 0 Å². The van der Waals surface area contributed by atoms with Crippen LogP contribution in [0.3, 0.4) is 0 Å². The quantitative estimate of drug-likeness (QED) is 0.340. The van der Waals surface area contributed by atoms with Gasteiger partial charge in [-0.25, -0.2) is 0 Å². The van der Waals surface area contributed by atoms with Gasteiger partial charge >= 0.3 is 0 Å². The third-order valence-corrected chi connectivity index (χ3v) is 4.67. The molecule has 0 aromatic heterocycles. The Hall–Kier alpha value is -4.22. The number of ketones is 2. The summed E-state index contributed by atoms with van der Waals surface area (Å²) in [6, 6.07) is 32.9. The second-order valence-corrected chi connectivity index (χ2v) is 6.80. The van der Waals surface area contributed by atoms with E-state index >= 15 is 0 Å². The van der Waals surface area contributed by atoms with Gasteiger partial charge in [-0.3, -0.25) is 9.59 Å². The molecule has 0 spiro atoms. The normalized spacial score (nSPS) is 10.0. The summed E-state index contributed by atoms with van der Waals surface area (Å²) in [4.78, 5) is 25.3. The van der Waals surface area contributed by atoms with Gasteiger partial charge in [0.2, 0.25) is 0 Å². The molecule has 0 fully saturated rings. The monoisotopic (exact) mass is 386 g/mol. The summed E-state index contributed by atoms with van der Waals surface area (Å²) >= 11 is 0. The summed E-state index contributed by atoms with van der Waals surface area (Å²) in [6.45, 7) is 0. The summed E-state index contributed by atoms with van der Waals surface area (Å²) in [5, 5.41) is 0. The Bertz CT molecular complexity index is 1160. The summed E-state index contributed by atoms with van der Waals surface area (Å²) in [5.74, 6) is 6.13. The first-order valence-electron chi connectivity index (χ1n) is 9.62. The van der Waals surface area contributed by atoms with Crippen LogP contribution in [-0.4, -0.2) is 11.6 Å². The van der Waals surface area contributed by atoms with Crippen LogP contribution in [0.4, 0.5) is 0 Å². The molecule has 0 N–H and O–H groups in total. The standard InChI is InChI=1S/C28H18O2/c29-27(23-11-3-1-4-12-23)25-15-7-9-21(19-25)17-18-22-10-8-16-26(20-22)28(30)24-13-5-2-6-14-24/h1-16,19-20H. The van der Waals surface area contributed by atoms with Crippen molar-refractivity contribution in [3.63, 3.8) is 0 Å². The molecule has 0 saturated carbocycles. The van der Waals surface area contributed by atoms with Gasteiger partial charge in [-0.05, 0) is 24.3 Å². The predicted molar refractivity (Wildman–Crippen MR) is 119 cm³/mol. The van der Waals surface area contributed by atoms with Crippen LogP contribution in [-0.2, 0) is 0 Å². The first kappa shape index (κ1) is 19.1. The van der Waals surface area contributed by atoms with Gasteiger partial charge in [-0.1, -0.05) is 96.8 Å². The number of hydrogen-bond acceptors (Lipinski definition) is 2. The molecule has 0 amide bonds. The molecule has 142 valence electrons. The topological polar surface area (TPSA) is 34.1 Å². The molecule has 0 bridgehead atoms. The summed E-state index contributed by atoms with van der Waals surface area (Å²) in [5.41, 5.74) is 3.99. The molecule has 0 atom stereocenters. The van der Waals surface area contributed by atoms with E-state index in [0.717, 1.165) is 11.1 Å². The lowest BCUT2D eigenvalue weighted by Crippen LogP contribution is -2.01. The summed E-state index contributed by atoms with van der Waals surface area (Å²) in [6.07, 6.45) is 0. The average molecular weight is 386 g/mol. The van der Waals surface area contributed by atoms with E-state index in [0.29, 0.717) is 22.3 Å². The van der Waals surface area contributed by atoms with Crippen LogP contribution in [0.1, 0.15) is 43.0 Å². The van der Waals surface area contributed by atoms with Crippen molar-refractivity contribution >= 4 is 11.6 Å². The van der Waals surface area contributed by atoms with Crippen molar-refractivity contribution in [1.29, 1.82) is 0 Å². The third kappa shape index (κ3) is 4.43. The van der Waals surface area contributed by atoms with Crippen molar-refractivity contribution in [2.24, 2.45) is 0 Å². The Morgan fingerprint density at radius 1 is 0.433 bits per heavy atom. The van der Waals surface area contributed by atoms with Gasteiger partial charge in [0.1, 0.15) is 0 Å². The molecule has 0 unspecified atom stereocenters. The van der Waals surface area contributed by atoms with Gasteiger partial charge in [0.05, 0.1) is 0 Å². The van der Waals surface area contributed by atoms with Crippen LogP contribution in [0.25, 0.3) is 0 Å². The maximum absolute atomic E-state index is 12.6. The number of rotatable bonds is 4. The molecule has 2 nitrogen and oxygen atoms in total. The molecule has 4 aromatic carbocycles. The summed E-state index contributed by atoms with van der Waals surface area (Å²) in [7, 11) is 0. The van der Waals surface area contributed by atoms with E-state index < -0.39 is 0 Å². The molecule has 0 radical (unpaired) electrons. The lowest BCUT2D eigenvalue weighted by molar-refractivity contribution is 0.103. The highest BCUT2D eigenvalue weighted by atomic mass is 16.1. The highest BCUT2D eigenvalue weighted by molar-refractivity contribution is 6.09. The van der Waals surface area contributed by atoms with Crippen LogP contribution in [0.5, 0.6) is 0 Å². The fourth-order valence-corrected chi connectivity index (χ4v) is 3.13. The zero-order valence-electron chi connectivity index (χ0n) is 16.2. The van der Waals surface area contributed by atoms with Crippen molar-refractivity contribution in [3.05, 3.63) is 143 Å². The fourth-order valence-electron chi connectivity index (χ4n) is 3.13. The van der Waals surface area contributed by atoms with Crippen molar-refractivity contribution in [3.8, 4) is 11.8 Å². The van der Waals surface area contributed by atoms with Gasteiger partial charge in [0.15, 0.2) is 11.6 Å². The predicted octanol–water partition coefficient (Wildman–Crippen LogP) is 5.55. The number of carbonyl (C=O) groups is 2. The first-order valence-corrected chi connectivity index (χ1v) is 9.62. The molecule has 30 heavy (non-hydrogen) atoms. The van der Waals surface area contributed by atoms with Crippen LogP contribution in [0.2, 0.25) is 0 Å². The average Bonchev–Trinajstić information content (AvgIpc) is 2.83. The van der Waals surface area contributed by atoms with Crippen molar-refractivity contribution in [1.82, 2.24) is 0 Å². The Morgan fingerprint density at radius 2 is 0.800 bits per heavy atom. The smallest absolute Gasteiger partial charge is 0.193 e. The van der Waals surface area contributed by atoms with E-state index in [4.69, 9.17) is 0 Å². The minimum atomic E-state index is -0.0327. The van der Waals surface area contributed by atoms with Gasteiger partial charge in [0, 0.05) is 33.4 Å².